The van der Waals surface area contributed by atoms with E-state index in [1.54, 1.807) is 6.07 Å². The number of carbonyl (C=O) groups is 1. The summed E-state index contributed by atoms with van der Waals surface area (Å²) in [4.78, 5) is 29.2. The molecule has 7 nitrogen and oxygen atoms in total. The van der Waals surface area contributed by atoms with Crippen LogP contribution in [0.15, 0.2) is 47.3 Å². The lowest BCUT2D eigenvalue weighted by Gasteiger charge is -2.36. The Balaban J connectivity index is 1.54. The van der Waals surface area contributed by atoms with Gasteiger partial charge in [-0.2, -0.15) is 5.10 Å². The van der Waals surface area contributed by atoms with Crippen molar-refractivity contribution in [1.82, 2.24) is 15.1 Å². The van der Waals surface area contributed by atoms with Gasteiger partial charge in [0.05, 0.1) is 0 Å². The van der Waals surface area contributed by atoms with E-state index >= 15 is 0 Å². The van der Waals surface area contributed by atoms with E-state index in [9.17, 15) is 9.59 Å². The standard InChI is InChI=1S/C24H35N5O2/c1-19(2)8-7-9-20(3)25-23(30)18-29-24(31)13-12-22(26-29)28-16-14-27(15-17-28)21-10-5-4-6-11-21/h4-6,10-13,19-20H,7-9,14-18H2,1-3H3,(H,25,30)/t20-/m1/s1. The van der Waals surface area contributed by atoms with Crippen molar-refractivity contribution >= 4 is 17.4 Å². The van der Waals surface area contributed by atoms with Crippen LogP contribution in [0.1, 0.15) is 40.0 Å². The third-order valence-corrected chi connectivity index (χ3v) is 5.70. The Bertz CT molecular complexity index is 888. The fraction of sp³-hybridized carbons (Fsp3) is 0.542. The molecular formula is C24H35N5O2. The summed E-state index contributed by atoms with van der Waals surface area (Å²) < 4.78 is 1.27. The Kier molecular flexibility index (Phi) is 8.09. The van der Waals surface area contributed by atoms with Crippen molar-refractivity contribution in [3.05, 3.63) is 52.8 Å². The number of anilines is 2. The molecule has 2 heterocycles. The summed E-state index contributed by atoms with van der Waals surface area (Å²) in [5, 5.41) is 7.47. The average molecular weight is 426 g/mol. The number of rotatable bonds is 9. The Morgan fingerprint density at radius 2 is 1.65 bits per heavy atom. The molecule has 0 bridgehead atoms. The summed E-state index contributed by atoms with van der Waals surface area (Å²) >= 11 is 0. The first kappa shape index (κ1) is 22.8. The lowest BCUT2D eigenvalue weighted by atomic mass is 10.0. The second-order valence-corrected chi connectivity index (χ2v) is 8.79. The molecule has 0 aliphatic carbocycles. The fourth-order valence-electron chi connectivity index (χ4n) is 3.91. The highest BCUT2D eigenvalue weighted by Gasteiger charge is 2.19. The molecule has 0 unspecified atom stereocenters. The van der Waals surface area contributed by atoms with Crippen LogP contribution in [0.3, 0.4) is 0 Å². The zero-order valence-electron chi connectivity index (χ0n) is 19.0. The summed E-state index contributed by atoms with van der Waals surface area (Å²) in [6.07, 6.45) is 3.18. The molecule has 0 spiro atoms. The first-order valence-electron chi connectivity index (χ1n) is 11.3. The molecule has 1 saturated heterocycles. The summed E-state index contributed by atoms with van der Waals surface area (Å²) in [6, 6.07) is 13.7. The number of hydrogen-bond donors (Lipinski definition) is 1. The van der Waals surface area contributed by atoms with Gasteiger partial charge in [0.1, 0.15) is 12.4 Å². The highest BCUT2D eigenvalue weighted by molar-refractivity contribution is 5.75. The van der Waals surface area contributed by atoms with Crippen LogP contribution < -0.4 is 20.7 Å². The monoisotopic (exact) mass is 425 g/mol. The first-order chi connectivity index (χ1) is 14.9. The molecule has 168 valence electrons. The Morgan fingerprint density at radius 1 is 0.968 bits per heavy atom. The van der Waals surface area contributed by atoms with Crippen molar-refractivity contribution in [3.8, 4) is 0 Å². The van der Waals surface area contributed by atoms with E-state index in [-0.39, 0.29) is 24.1 Å². The van der Waals surface area contributed by atoms with Crippen LogP contribution in [0.2, 0.25) is 0 Å². The van der Waals surface area contributed by atoms with Gasteiger partial charge >= 0.3 is 0 Å². The summed E-state index contributed by atoms with van der Waals surface area (Å²) in [6.45, 7) is 9.78. The van der Waals surface area contributed by atoms with E-state index < -0.39 is 0 Å². The van der Waals surface area contributed by atoms with E-state index in [1.165, 1.54) is 16.4 Å². The molecule has 2 aromatic rings. The van der Waals surface area contributed by atoms with Gasteiger partial charge < -0.3 is 15.1 Å². The first-order valence-corrected chi connectivity index (χ1v) is 11.3. The number of para-hydroxylation sites is 1. The van der Waals surface area contributed by atoms with Gasteiger partial charge in [-0.1, -0.05) is 44.9 Å². The van der Waals surface area contributed by atoms with Gasteiger partial charge in [-0.25, -0.2) is 4.68 Å². The molecule has 1 atom stereocenters. The van der Waals surface area contributed by atoms with Crippen LogP contribution in [0.4, 0.5) is 11.5 Å². The number of piperazine rings is 1. The SMILES string of the molecule is CC(C)CCC[C@@H](C)NC(=O)Cn1nc(N2CCN(c3ccccc3)CC2)ccc1=O. The lowest BCUT2D eigenvalue weighted by molar-refractivity contribution is -0.122. The van der Waals surface area contributed by atoms with E-state index in [0.29, 0.717) is 5.92 Å². The van der Waals surface area contributed by atoms with E-state index in [1.807, 2.05) is 13.0 Å². The molecular weight excluding hydrogens is 390 g/mol. The summed E-state index contributed by atoms with van der Waals surface area (Å²) in [5.74, 6) is 1.24. The molecule has 1 aromatic heterocycles. The number of amides is 1. The minimum Gasteiger partial charge on any atom is -0.368 e. The fourth-order valence-corrected chi connectivity index (χ4v) is 3.91. The maximum Gasteiger partial charge on any atom is 0.267 e. The largest absolute Gasteiger partial charge is 0.368 e. The number of benzene rings is 1. The Labute approximate surface area is 185 Å². The van der Waals surface area contributed by atoms with Gasteiger partial charge in [-0.3, -0.25) is 9.59 Å². The molecule has 1 aliphatic rings. The molecule has 1 aromatic carbocycles. The second kappa shape index (κ2) is 11.0. The van der Waals surface area contributed by atoms with Crippen molar-refractivity contribution in [2.24, 2.45) is 5.92 Å². The maximum absolute atomic E-state index is 12.4. The molecule has 1 N–H and O–H groups in total. The van der Waals surface area contributed by atoms with Crippen molar-refractivity contribution in [3.63, 3.8) is 0 Å². The van der Waals surface area contributed by atoms with Crippen molar-refractivity contribution in [2.45, 2.75) is 52.6 Å². The molecule has 7 heteroatoms. The number of nitrogens with zero attached hydrogens (tertiary/aromatic N) is 4. The number of carbonyl (C=O) groups excluding carboxylic acids is 1. The van der Waals surface area contributed by atoms with Crippen LogP contribution in [-0.4, -0.2) is 47.9 Å². The smallest absolute Gasteiger partial charge is 0.267 e. The predicted molar refractivity (Wildman–Crippen MR) is 126 cm³/mol. The van der Waals surface area contributed by atoms with Crippen molar-refractivity contribution in [2.75, 3.05) is 36.0 Å². The van der Waals surface area contributed by atoms with Gasteiger partial charge in [-0.15, -0.1) is 0 Å². The second-order valence-electron chi connectivity index (χ2n) is 8.79. The summed E-state index contributed by atoms with van der Waals surface area (Å²) in [5.41, 5.74) is 0.966. The quantitative estimate of drug-likeness (QED) is 0.669. The molecule has 0 saturated carbocycles. The topological polar surface area (TPSA) is 70.5 Å². The molecule has 3 rings (SSSR count). The number of hydrogen-bond acceptors (Lipinski definition) is 5. The van der Waals surface area contributed by atoms with Gasteiger partial charge in [0.2, 0.25) is 5.91 Å². The zero-order valence-corrected chi connectivity index (χ0v) is 19.0. The summed E-state index contributed by atoms with van der Waals surface area (Å²) in [7, 11) is 0. The average Bonchev–Trinajstić information content (AvgIpc) is 2.75. The van der Waals surface area contributed by atoms with Crippen LogP contribution in [0, 0.1) is 5.92 Å². The van der Waals surface area contributed by atoms with E-state index in [2.05, 4.69) is 58.3 Å². The third kappa shape index (κ3) is 6.84. The van der Waals surface area contributed by atoms with Crippen molar-refractivity contribution in [1.29, 1.82) is 0 Å². The molecule has 1 amide bonds. The minimum absolute atomic E-state index is 0.0504. The Hall–Kier alpha value is -2.83. The van der Waals surface area contributed by atoms with Gasteiger partial charge in [0.25, 0.3) is 5.56 Å². The maximum atomic E-state index is 12.4. The highest BCUT2D eigenvalue weighted by Crippen LogP contribution is 2.18. The van der Waals surface area contributed by atoms with Gasteiger partial charge in [0.15, 0.2) is 0 Å². The van der Waals surface area contributed by atoms with E-state index in [0.717, 1.165) is 51.3 Å². The van der Waals surface area contributed by atoms with Crippen LogP contribution in [0.5, 0.6) is 0 Å². The molecule has 31 heavy (non-hydrogen) atoms. The zero-order chi connectivity index (χ0) is 22.2. The number of aromatic nitrogens is 2. The van der Waals surface area contributed by atoms with Crippen LogP contribution >= 0.6 is 0 Å². The third-order valence-electron chi connectivity index (χ3n) is 5.70. The molecule has 1 aliphatic heterocycles. The molecule has 1 fully saturated rings. The Morgan fingerprint density at radius 3 is 2.32 bits per heavy atom. The van der Waals surface area contributed by atoms with Crippen molar-refractivity contribution < 1.29 is 4.79 Å². The normalized spacial score (nSPS) is 15.2. The van der Waals surface area contributed by atoms with Gasteiger partial charge in [-0.05, 0) is 37.5 Å². The lowest BCUT2D eigenvalue weighted by Crippen LogP contribution is -2.47. The van der Waals surface area contributed by atoms with Gasteiger partial charge in [0, 0.05) is 44.0 Å². The van der Waals surface area contributed by atoms with Crippen LogP contribution in [0.25, 0.3) is 0 Å². The van der Waals surface area contributed by atoms with E-state index in [4.69, 9.17) is 0 Å². The predicted octanol–water partition coefficient (Wildman–Crippen LogP) is 2.90. The highest BCUT2D eigenvalue weighted by atomic mass is 16.2. The minimum atomic E-state index is -0.255. The molecule has 0 radical (unpaired) electrons. The number of nitrogens with one attached hydrogen (secondary N) is 1. The van der Waals surface area contributed by atoms with Crippen LogP contribution in [-0.2, 0) is 11.3 Å².